The third-order valence-corrected chi connectivity index (χ3v) is 4.26. The van der Waals surface area contributed by atoms with Crippen LogP contribution in [0.25, 0.3) is 11.8 Å². The molecule has 1 aromatic heterocycles. The van der Waals surface area contributed by atoms with E-state index in [0.29, 0.717) is 5.69 Å². The molecule has 1 heterocycles. The van der Waals surface area contributed by atoms with Crippen molar-refractivity contribution in [2.75, 3.05) is 4.72 Å². The first-order valence-electron chi connectivity index (χ1n) is 7.12. The summed E-state index contributed by atoms with van der Waals surface area (Å²) in [6, 6.07) is 20.4. The van der Waals surface area contributed by atoms with Gasteiger partial charge in [-0.05, 0) is 42.0 Å². The van der Waals surface area contributed by atoms with Gasteiger partial charge >= 0.3 is 0 Å². The molecule has 116 valence electrons. The van der Waals surface area contributed by atoms with Crippen LogP contribution in [0, 0.1) is 0 Å². The van der Waals surface area contributed by atoms with Crippen LogP contribution in [0.1, 0.15) is 5.56 Å². The Hall–Kier alpha value is -2.79. The van der Waals surface area contributed by atoms with E-state index < -0.39 is 10.0 Å². The van der Waals surface area contributed by atoms with Gasteiger partial charge < -0.3 is 4.57 Å². The predicted molar refractivity (Wildman–Crippen MR) is 93.8 cm³/mol. The zero-order chi connectivity index (χ0) is 16.1. The Labute approximate surface area is 135 Å². The van der Waals surface area contributed by atoms with Crippen LogP contribution in [0.5, 0.6) is 0 Å². The standard InChI is InChI=1S/C18H16N2O2S/c21-23(22,14-11-16-7-2-1-3-8-16)19-17-9-6-10-18(15-17)20-12-4-5-13-20/h1-15,19H/b14-11+. The van der Waals surface area contributed by atoms with E-state index in [-0.39, 0.29) is 0 Å². The van der Waals surface area contributed by atoms with Crippen LogP contribution in [0.3, 0.4) is 0 Å². The monoisotopic (exact) mass is 324 g/mol. The van der Waals surface area contributed by atoms with E-state index in [1.165, 1.54) is 5.41 Å². The second-order valence-corrected chi connectivity index (χ2v) is 6.57. The predicted octanol–water partition coefficient (Wildman–Crippen LogP) is 3.89. The molecule has 0 saturated carbocycles. The molecule has 0 aliphatic heterocycles. The van der Waals surface area contributed by atoms with Gasteiger partial charge in [0.25, 0.3) is 10.0 Å². The van der Waals surface area contributed by atoms with Crippen molar-refractivity contribution in [1.82, 2.24) is 4.57 Å². The first kappa shape index (κ1) is 15.1. The second kappa shape index (κ2) is 6.54. The molecule has 3 rings (SSSR count). The van der Waals surface area contributed by atoms with E-state index in [1.54, 1.807) is 18.2 Å². The van der Waals surface area contributed by atoms with Crippen LogP contribution in [-0.2, 0) is 10.0 Å². The number of hydrogen-bond donors (Lipinski definition) is 1. The molecule has 0 spiro atoms. The largest absolute Gasteiger partial charge is 0.324 e. The zero-order valence-electron chi connectivity index (χ0n) is 12.3. The first-order chi connectivity index (χ1) is 11.1. The Morgan fingerprint density at radius 2 is 1.61 bits per heavy atom. The highest BCUT2D eigenvalue weighted by molar-refractivity contribution is 7.95. The molecule has 5 heteroatoms. The Bertz CT molecular complexity index is 899. The molecule has 0 amide bonds. The molecule has 0 radical (unpaired) electrons. The van der Waals surface area contributed by atoms with E-state index in [2.05, 4.69) is 4.72 Å². The molecule has 0 bridgehead atoms. The third-order valence-electron chi connectivity index (χ3n) is 3.25. The minimum Gasteiger partial charge on any atom is -0.324 e. The average molecular weight is 324 g/mol. The van der Waals surface area contributed by atoms with Crippen LogP contribution in [0.15, 0.2) is 84.5 Å². The number of aromatic nitrogens is 1. The smallest absolute Gasteiger partial charge is 0.255 e. The maximum Gasteiger partial charge on any atom is 0.255 e. The molecular weight excluding hydrogens is 308 g/mol. The number of rotatable bonds is 5. The summed E-state index contributed by atoms with van der Waals surface area (Å²) in [6.45, 7) is 0. The Morgan fingerprint density at radius 1 is 0.870 bits per heavy atom. The summed E-state index contributed by atoms with van der Waals surface area (Å²) in [5.74, 6) is 0. The number of hydrogen-bond acceptors (Lipinski definition) is 2. The van der Waals surface area contributed by atoms with E-state index in [1.807, 2.05) is 71.6 Å². The Balaban J connectivity index is 1.78. The molecule has 0 aliphatic carbocycles. The van der Waals surface area contributed by atoms with Crippen LogP contribution in [0.4, 0.5) is 5.69 Å². The van der Waals surface area contributed by atoms with Crippen molar-refractivity contribution in [3.05, 3.63) is 90.1 Å². The fourth-order valence-electron chi connectivity index (χ4n) is 2.17. The van der Waals surface area contributed by atoms with Crippen molar-refractivity contribution in [2.45, 2.75) is 0 Å². The molecule has 1 N–H and O–H groups in total. The number of benzene rings is 2. The fraction of sp³-hybridized carbons (Fsp3) is 0. The second-order valence-electron chi connectivity index (χ2n) is 5.00. The molecular formula is C18H16N2O2S. The van der Waals surface area contributed by atoms with Crippen molar-refractivity contribution >= 4 is 21.8 Å². The van der Waals surface area contributed by atoms with Crippen molar-refractivity contribution in [2.24, 2.45) is 0 Å². The lowest BCUT2D eigenvalue weighted by atomic mass is 10.2. The van der Waals surface area contributed by atoms with Gasteiger partial charge in [-0.25, -0.2) is 8.42 Å². The SMILES string of the molecule is O=S(=O)(/C=C/c1ccccc1)Nc1cccc(-n2cccc2)c1. The van der Waals surface area contributed by atoms with Crippen LogP contribution in [-0.4, -0.2) is 13.0 Å². The van der Waals surface area contributed by atoms with Crippen LogP contribution < -0.4 is 4.72 Å². The summed E-state index contributed by atoms with van der Waals surface area (Å²) in [4.78, 5) is 0. The normalized spacial score (nSPS) is 11.7. The van der Waals surface area contributed by atoms with Gasteiger partial charge in [0.2, 0.25) is 0 Å². The minimum atomic E-state index is -3.56. The molecule has 0 atom stereocenters. The fourth-order valence-corrected chi connectivity index (χ4v) is 3.03. The molecule has 23 heavy (non-hydrogen) atoms. The highest BCUT2D eigenvalue weighted by atomic mass is 32.2. The Kier molecular flexibility index (Phi) is 4.30. The molecule has 2 aromatic carbocycles. The maximum atomic E-state index is 12.2. The van der Waals surface area contributed by atoms with Gasteiger partial charge in [0.15, 0.2) is 0 Å². The average Bonchev–Trinajstić information content (AvgIpc) is 3.08. The molecule has 4 nitrogen and oxygen atoms in total. The quantitative estimate of drug-likeness (QED) is 0.774. The van der Waals surface area contributed by atoms with Crippen LogP contribution in [0.2, 0.25) is 0 Å². The van der Waals surface area contributed by atoms with Gasteiger partial charge in [-0.3, -0.25) is 4.72 Å². The zero-order valence-corrected chi connectivity index (χ0v) is 13.1. The van der Waals surface area contributed by atoms with Gasteiger partial charge in [-0.2, -0.15) is 0 Å². The van der Waals surface area contributed by atoms with Crippen LogP contribution >= 0.6 is 0 Å². The molecule has 0 fully saturated rings. The summed E-state index contributed by atoms with van der Waals surface area (Å²) in [6.07, 6.45) is 5.38. The lowest BCUT2D eigenvalue weighted by Gasteiger charge is -2.08. The maximum absolute atomic E-state index is 12.2. The van der Waals surface area contributed by atoms with Crippen molar-refractivity contribution < 1.29 is 8.42 Å². The summed E-state index contributed by atoms with van der Waals surface area (Å²) in [7, 11) is -3.56. The summed E-state index contributed by atoms with van der Waals surface area (Å²) in [5.41, 5.74) is 2.25. The highest BCUT2D eigenvalue weighted by Gasteiger charge is 2.06. The van der Waals surface area contributed by atoms with Gasteiger partial charge in [0.1, 0.15) is 0 Å². The number of anilines is 1. The molecule has 0 saturated heterocycles. The van der Waals surface area contributed by atoms with E-state index in [0.717, 1.165) is 11.3 Å². The number of nitrogens with zero attached hydrogens (tertiary/aromatic N) is 1. The third kappa shape index (κ3) is 4.11. The van der Waals surface area contributed by atoms with E-state index >= 15 is 0 Å². The summed E-state index contributed by atoms with van der Waals surface area (Å²) in [5, 5.41) is 1.17. The Morgan fingerprint density at radius 3 is 2.35 bits per heavy atom. The molecule has 3 aromatic rings. The van der Waals surface area contributed by atoms with Gasteiger partial charge in [-0.1, -0.05) is 36.4 Å². The van der Waals surface area contributed by atoms with E-state index in [4.69, 9.17) is 0 Å². The highest BCUT2D eigenvalue weighted by Crippen LogP contribution is 2.16. The lowest BCUT2D eigenvalue weighted by molar-refractivity contribution is 0.609. The molecule has 0 aliphatic rings. The van der Waals surface area contributed by atoms with Gasteiger partial charge in [0, 0.05) is 18.1 Å². The lowest BCUT2D eigenvalue weighted by Crippen LogP contribution is -2.09. The van der Waals surface area contributed by atoms with Crippen molar-refractivity contribution in [3.63, 3.8) is 0 Å². The minimum absolute atomic E-state index is 0.522. The van der Waals surface area contributed by atoms with Gasteiger partial charge in [0.05, 0.1) is 11.1 Å². The molecule has 0 unspecified atom stereocenters. The first-order valence-corrected chi connectivity index (χ1v) is 8.66. The van der Waals surface area contributed by atoms with E-state index in [9.17, 15) is 8.42 Å². The summed E-state index contributed by atoms with van der Waals surface area (Å²) < 4.78 is 28.8. The number of sulfonamides is 1. The van der Waals surface area contributed by atoms with Crippen molar-refractivity contribution in [1.29, 1.82) is 0 Å². The summed E-state index contributed by atoms with van der Waals surface area (Å²) >= 11 is 0. The van der Waals surface area contributed by atoms with Crippen molar-refractivity contribution in [3.8, 4) is 5.69 Å². The topological polar surface area (TPSA) is 51.1 Å². The number of nitrogens with one attached hydrogen (secondary N) is 1. The van der Waals surface area contributed by atoms with Gasteiger partial charge in [-0.15, -0.1) is 0 Å².